The van der Waals surface area contributed by atoms with E-state index in [0.29, 0.717) is 22.1 Å². The molecule has 0 spiro atoms. The molecule has 4 rings (SSSR count). The van der Waals surface area contributed by atoms with Crippen molar-refractivity contribution in [3.8, 4) is 11.3 Å². The molecule has 2 aromatic carbocycles. The van der Waals surface area contributed by atoms with Gasteiger partial charge in [0.2, 0.25) is 10.0 Å². The van der Waals surface area contributed by atoms with Gasteiger partial charge in [0.15, 0.2) is 5.58 Å². The minimum absolute atomic E-state index is 0.0336. The van der Waals surface area contributed by atoms with Gasteiger partial charge in [-0.2, -0.15) is 4.31 Å². The fourth-order valence-corrected chi connectivity index (χ4v) is 4.27. The second kappa shape index (κ2) is 7.22. The molecule has 2 aromatic heterocycles. The van der Waals surface area contributed by atoms with Gasteiger partial charge in [0.1, 0.15) is 11.5 Å². The van der Waals surface area contributed by atoms with Gasteiger partial charge in [-0.1, -0.05) is 11.6 Å². The zero-order chi connectivity index (χ0) is 20.8. The number of oxazole rings is 1. The van der Waals surface area contributed by atoms with Crippen LogP contribution in [0.2, 0.25) is 5.02 Å². The number of hydrogen-bond donors (Lipinski definition) is 0. The van der Waals surface area contributed by atoms with Gasteiger partial charge >= 0.3 is 5.76 Å². The first-order valence-electron chi connectivity index (χ1n) is 8.66. The smallest absolute Gasteiger partial charge is 0.419 e. The van der Waals surface area contributed by atoms with E-state index in [1.807, 2.05) is 12.1 Å². The molecule has 150 valence electrons. The van der Waals surface area contributed by atoms with Gasteiger partial charge in [-0.05, 0) is 48.5 Å². The highest BCUT2D eigenvalue weighted by molar-refractivity contribution is 7.89. The summed E-state index contributed by atoms with van der Waals surface area (Å²) in [6.07, 6.45) is 0. The average molecular weight is 433 g/mol. The Kier molecular flexibility index (Phi) is 4.85. The highest BCUT2D eigenvalue weighted by Gasteiger charge is 2.23. The zero-order valence-electron chi connectivity index (χ0n) is 15.6. The van der Waals surface area contributed by atoms with Crippen molar-refractivity contribution in [2.75, 3.05) is 7.05 Å². The number of aryl methyl sites for hydroxylation is 1. The normalized spacial score (nSPS) is 12.1. The second-order valence-corrected chi connectivity index (χ2v) is 9.07. The lowest BCUT2D eigenvalue weighted by Crippen LogP contribution is -2.26. The topological polar surface area (TPSA) is 85.7 Å². The number of halogens is 1. The predicted octanol–water partition coefficient (Wildman–Crippen LogP) is 3.87. The quantitative estimate of drug-likeness (QED) is 0.478. The molecule has 4 aromatic rings. The number of aromatic nitrogens is 1. The second-order valence-electron chi connectivity index (χ2n) is 6.59. The van der Waals surface area contributed by atoms with Crippen LogP contribution >= 0.6 is 11.6 Å². The Morgan fingerprint density at radius 1 is 1.03 bits per heavy atom. The molecule has 0 aliphatic carbocycles. The lowest BCUT2D eigenvalue weighted by molar-refractivity contribution is 0.410. The zero-order valence-corrected chi connectivity index (χ0v) is 17.2. The SMILES string of the molecule is CN(Cc1ccc(-c2ccc(Cl)cc2)o1)S(=O)(=O)c1ccc2c(c1)oc(=O)n2C. The maximum atomic E-state index is 12.9. The van der Waals surface area contributed by atoms with Gasteiger partial charge in [0.05, 0.1) is 17.0 Å². The first kappa shape index (κ1) is 19.5. The van der Waals surface area contributed by atoms with E-state index in [0.717, 1.165) is 5.56 Å². The fraction of sp³-hybridized carbons (Fsp3) is 0.150. The van der Waals surface area contributed by atoms with Crippen molar-refractivity contribution >= 4 is 32.7 Å². The summed E-state index contributed by atoms with van der Waals surface area (Å²) in [5, 5.41) is 0.623. The lowest BCUT2D eigenvalue weighted by Gasteiger charge is -2.16. The summed E-state index contributed by atoms with van der Waals surface area (Å²) in [7, 11) is -0.786. The number of furan rings is 1. The third kappa shape index (κ3) is 3.62. The van der Waals surface area contributed by atoms with Crippen molar-refractivity contribution in [2.24, 2.45) is 7.05 Å². The van der Waals surface area contributed by atoms with Crippen molar-refractivity contribution in [3.05, 3.63) is 75.9 Å². The molecule has 0 aliphatic rings. The Balaban J connectivity index is 1.58. The first-order valence-corrected chi connectivity index (χ1v) is 10.5. The average Bonchev–Trinajstić information content (AvgIpc) is 3.26. The molecule has 7 nitrogen and oxygen atoms in total. The van der Waals surface area contributed by atoms with Crippen LogP contribution in [-0.2, 0) is 23.6 Å². The van der Waals surface area contributed by atoms with E-state index < -0.39 is 15.8 Å². The Hall–Kier alpha value is -2.81. The van der Waals surface area contributed by atoms with Gasteiger partial charge in [-0.15, -0.1) is 0 Å². The number of sulfonamides is 1. The van der Waals surface area contributed by atoms with Gasteiger partial charge in [-0.25, -0.2) is 13.2 Å². The Labute approximate surface area is 171 Å². The molecule has 0 fully saturated rings. The monoisotopic (exact) mass is 432 g/mol. The largest absolute Gasteiger partial charge is 0.460 e. The van der Waals surface area contributed by atoms with Gasteiger partial charge in [-0.3, -0.25) is 4.57 Å². The number of rotatable bonds is 5. The van der Waals surface area contributed by atoms with Crippen LogP contribution in [0.25, 0.3) is 22.4 Å². The van der Waals surface area contributed by atoms with Crippen LogP contribution < -0.4 is 5.76 Å². The molecule has 0 bridgehead atoms. The minimum Gasteiger partial charge on any atom is -0.460 e. The summed E-state index contributed by atoms with van der Waals surface area (Å²) >= 11 is 5.90. The van der Waals surface area contributed by atoms with Crippen LogP contribution in [0.1, 0.15) is 5.76 Å². The predicted molar refractivity (Wildman–Crippen MR) is 109 cm³/mol. The summed E-state index contributed by atoms with van der Waals surface area (Å²) in [6, 6.07) is 15.0. The van der Waals surface area contributed by atoms with E-state index >= 15 is 0 Å². The summed E-state index contributed by atoms with van der Waals surface area (Å²) < 4.78 is 39.2. The van der Waals surface area contributed by atoms with E-state index in [4.69, 9.17) is 20.4 Å². The van der Waals surface area contributed by atoms with Gasteiger partial charge < -0.3 is 8.83 Å². The van der Waals surface area contributed by atoms with Gasteiger partial charge in [0, 0.05) is 30.7 Å². The molecule has 29 heavy (non-hydrogen) atoms. The van der Waals surface area contributed by atoms with Crippen LogP contribution in [-0.4, -0.2) is 24.3 Å². The lowest BCUT2D eigenvalue weighted by atomic mass is 10.2. The third-order valence-electron chi connectivity index (χ3n) is 4.64. The number of benzene rings is 2. The van der Waals surface area contributed by atoms with E-state index in [9.17, 15) is 13.2 Å². The van der Waals surface area contributed by atoms with E-state index in [2.05, 4.69) is 0 Å². The molecule has 0 aliphatic heterocycles. The molecular formula is C20H17ClN2O5S. The van der Waals surface area contributed by atoms with Crippen LogP contribution in [0.15, 0.2) is 73.1 Å². The van der Waals surface area contributed by atoms with Crippen molar-refractivity contribution in [2.45, 2.75) is 11.4 Å². The molecule has 0 unspecified atom stereocenters. The molecule has 0 saturated carbocycles. The molecule has 0 saturated heterocycles. The molecule has 2 heterocycles. The van der Waals surface area contributed by atoms with E-state index in [1.54, 1.807) is 37.4 Å². The molecule has 0 radical (unpaired) electrons. The van der Waals surface area contributed by atoms with E-state index in [-0.39, 0.29) is 17.0 Å². The van der Waals surface area contributed by atoms with Crippen molar-refractivity contribution in [1.29, 1.82) is 0 Å². The Morgan fingerprint density at radius 2 is 1.76 bits per heavy atom. The van der Waals surface area contributed by atoms with Crippen LogP contribution in [0.3, 0.4) is 0 Å². The van der Waals surface area contributed by atoms with Crippen molar-refractivity contribution < 1.29 is 17.3 Å². The Bertz CT molecular complexity index is 1350. The number of hydrogen-bond acceptors (Lipinski definition) is 5. The number of fused-ring (bicyclic) bond motifs is 1. The standard InChI is InChI=1S/C20H17ClN2O5S/c1-22(12-15-7-10-18(27-15)13-3-5-14(21)6-4-13)29(25,26)16-8-9-17-19(11-16)28-20(24)23(17)2/h3-11H,12H2,1-2H3. The maximum absolute atomic E-state index is 12.9. The number of nitrogens with zero attached hydrogens (tertiary/aromatic N) is 2. The summed E-state index contributed by atoms with van der Waals surface area (Å²) in [5.41, 5.74) is 1.58. The molecule has 0 atom stereocenters. The highest BCUT2D eigenvalue weighted by Crippen LogP contribution is 2.26. The first-order chi connectivity index (χ1) is 13.8. The molecule has 0 N–H and O–H groups in total. The summed E-state index contributed by atoms with van der Waals surface area (Å²) in [5.74, 6) is 0.566. The summed E-state index contributed by atoms with van der Waals surface area (Å²) in [4.78, 5) is 11.7. The fourth-order valence-electron chi connectivity index (χ4n) is 2.99. The molecule has 9 heteroatoms. The molecular weight excluding hydrogens is 416 g/mol. The van der Waals surface area contributed by atoms with Crippen LogP contribution in [0.5, 0.6) is 0 Å². The van der Waals surface area contributed by atoms with Gasteiger partial charge in [0.25, 0.3) is 0 Å². The van der Waals surface area contributed by atoms with Crippen LogP contribution in [0, 0.1) is 0 Å². The molecule has 0 amide bonds. The van der Waals surface area contributed by atoms with Crippen molar-refractivity contribution in [1.82, 2.24) is 8.87 Å². The maximum Gasteiger partial charge on any atom is 0.419 e. The minimum atomic E-state index is -3.81. The summed E-state index contributed by atoms with van der Waals surface area (Å²) in [6.45, 7) is 0.0483. The highest BCUT2D eigenvalue weighted by atomic mass is 35.5. The third-order valence-corrected chi connectivity index (χ3v) is 6.69. The van der Waals surface area contributed by atoms with Crippen molar-refractivity contribution in [3.63, 3.8) is 0 Å². The Morgan fingerprint density at radius 3 is 2.48 bits per heavy atom. The van der Waals surface area contributed by atoms with Crippen LogP contribution in [0.4, 0.5) is 0 Å². The van der Waals surface area contributed by atoms with E-state index in [1.165, 1.54) is 28.1 Å².